The molecule has 2 amide bonds. The first kappa shape index (κ1) is 25.8. The van der Waals surface area contributed by atoms with E-state index in [1.807, 2.05) is 23.6 Å². The Balaban J connectivity index is 1.61. The Hall–Kier alpha value is -3.83. The molecule has 1 heterocycles. The number of carbonyl (C=O) groups is 3. The van der Waals surface area contributed by atoms with Crippen LogP contribution in [0, 0.1) is 0 Å². The largest absolute Gasteiger partial charge is 0.493 e. The molecule has 0 aliphatic heterocycles. The van der Waals surface area contributed by atoms with Gasteiger partial charge in [-0.2, -0.15) is 0 Å². The van der Waals surface area contributed by atoms with Crippen LogP contribution in [0.25, 0.3) is 11.3 Å². The molecule has 0 aliphatic rings. The van der Waals surface area contributed by atoms with Crippen molar-refractivity contribution in [3.8, 4) is 22.8 Å². The van der Waals surface area contributed by atoms with E-state index in [-0.39, 0.29) is 5.91 Å². The second kappa shape index (κ2) is 12.0. The van der Waals surface area contributed by atoms with Crippen molar-refractivity contribution >= 4 is 51.7 Å². The first-order valence-electron chi connectivity index (χ1n) is 10.3. The molecule has 1 aromatic heterocycles. The predicted molar refractivity (Wildman–Crippen MR) is 136 cm³/mol. The molecule has 0 radical (unpaired) electrons. The average Bonchev–Trinajstić information content (AvgIpc) is 3.30. The van der Waals surface area contributed by atoms with Gasteiger partial charge in [0, 0.05) is 33.7 Å². The van der Waals surface area contributed by atoms with Crippen LogP contribution in [0.15, 0.2) is 64.9 Å². The number of nitrogens with zero attached hydrogens (tertiary/aromatic N) is 1. The van der Waals surface area contributed by atoms with Crippen molar-refractivity contribution in [1.82, 2.24) is 4.98 Å². The summed E-state index contributed by atoms with van der Waals surface area (Å²) in [6.45, 7) is 1.77. The highest BCUT2D eigenvalue weighted by molar-refractivity contribution is 8.00. The number of anilines is 2. The van der Waals surface area contributed by atoms with Gasteiger partial charge in [0.15, 0.2) is 16.6 Å². The van der Waals surface area contributed by atoms with Gasteiger partial charge in [-0.25, -0.2) is 9.78 Å². The monoisotopic (exact) mass is 513 g/mol. The number of nitrogens with one attached hydrogen (secondary N) is 2. The molecule has 2 aromatic carbocycles. The molecule has 3 N–H and O–H groups in total. The van der Waals surface area contributed by atoms with Crippen LogP contribution in [0.5, 0.6) is 11.5 Å². The van der Waals surface area contributed by atoms with Crippen molar-refractivity contribution < 1.29 is 29.0 Å². The van der Waals surface area contributed by atoms with Crippen molar-refractivity contribution in [2.24, 2.45) is 0 Å². The SMILES string of the molecule is COc1ccc(-c2csc(NC(=O)C(C)Sc3cccc(NC(=O)/C=C/C(=O)O)c3)n2)cc1OC. The van der Waals surface area contributed by atoms with E-state index in [1.54, 1.807) is 45.4 Å². The van der Waals surface area contributed by atoms with Gasteiger partial charge in [-0.05, 0) is 43.3 Å². The Morgan fingerprint density at radius 2 is 1.83 bits per heavy atom. The zero-order valence-electron chi connectivity index (χ0n) is 19.1. The fourth-order valence-electron chi connectivity index (χ4n) is 2.90. The van der Waals surface area contributed by atoms with Crippen LogP contribution in [-0.4, -0.2) is 47.3 Å². The first-order chi connectivity index (χ1) is 16.8. The van der Waals surface area contributed by atoms with Gasteiger partial charge in [-0.3, -0.25) is 9.59 Å². The minimum absolute atomic E-state index is 0.220. The molecule has 0 fully saturated rings. The van der Waals surface area contributed by atoms with Gasteiger partial charge in [-0.1, -0.05) is 6.07 Å². The molecule has 9 nitrogen and oxygen atoms in total. The van der Waals surface area contributed by atoms with Crippen LogP contribution in [0.4, 0.5) is 10.8 Å². The minimum Gasteiger partial charge on any atom is -0.493 e. The van der Waals surface area contributed by atoms with E-state index in [1.165, 1.54) is 23.1 Å². The summed E-state index contributed by atoms with van der Waals surface area (Å²) in [4.78, 5) is 40.3. The number of hydrogen-bond donors (Lipinski definition) is 3. The lowest BCUT2D eigenvalue weighted by molar-refractivity contribution is -0.131. The molecule has 0 saturated heterocycles. The number of carbonyl (C=O) groups excluding carboxylic acids is 2. The maximum atomic E-state index is 12.7. The lowest BCUT2D eigenvalue weighted by Crippen LogP contribution is -2.22. The Bertz CT molecular complexity index is 1260. The third-order valence-electron chi connectivity index (χ3n) is 4.57. The molecule has 0 spiro atoms. The number of ether oxygens (including phenoxy) is 2. The molecule has 1 unspecified atom stereocenters. The summed E-state index contributed by atoms with van der Waals surface area (Å²) in [5.41, 5.74) is 2.02. The van der Waals surface area contributed by atoms with E-state index < -0.39 is 17.1 Å². The van der Waals surface area contributed by atoms with E-state index in [0.29, 0.717) is 28.0 Å². The van der Waals surface area contributed by atoms with Gasteiger partial charge in [0.2, 0.25) is 11.8 Å². The van der Waals surface area contributed by atoms with Crippen molar-refractivity contribution in [1.29, 1.82) is 0 Å². The number of methoxy groups -OCH3 is 2. The van der Waals surface area contributed by atoms with Gasteiger partial charge in [0.25, 0.3) is 0 Å². The van der Waals surface area contributed by atoms with Crippen molar-refractivity contribution in [3.05, 3.63) is 60.0 Å². The summed E-state index contributed by atoms with van der Waals surface area (Å²) >= 11 is 2.63. The van der Waals surface area contributed by atoms with E-state index >= 15 is 0 Å². The number of amides is 2. The zero-order chi connectivity index (χ0) is 25.4. The standard InChI is InChI=1S/C24H23N3O6S2/c1-14(35-17-6-4-5-16(12-17)25-21(28)9-10-22(29)30)23(31)27-24-26-18(13-34-24)15-7-8-19(32-2)20(11-15)33-3/h4-14H,1-3H3,(H,25,28)(H,29,30)(H,26,27,31)/b10-9+. The highest BCUT2D eigenvalue weighted by Crippen LogP contribution is 2.34. The fourth-order valence-corrected chi connectivity index (χ4v) is 4.55. The van der Waals surface area contributed by atoms with Crippen molar-refractivity contribution in [2.45, 2.75) is 17.1 Å². The molecule has 1 atom stereocenters. The summed E-state index contributed by atoms with van der Waals surface area (Å²) in [6.07, 6.45) is 1.69. The maximum absolute atomic E-state index is 12.7. The number of hydrogen-bond acceptors (Lipinski definition) is 8. The molecule has 11 heteroatoms. The Kier molecular flexibility index (Phi) is 8.87. The second-order valence-electron chi connectivity index (χ2n) is 7.05. The minimum atomic E-state index is -1.21. The topological polar surface area (TPSA) is 127 Å². The highest BCUT2D eigenvalue weighted by atomic mass is 32.2. The quantitative estimate of drug-likeness (QED) is 0.267. The van der Waals surface area contributed by atoms with E-state index in [4.69, 9.17) is 14.6 Å². The lowest BCUT2D eigenvalue weighted by atomic mass is 10.1. The number of thiazole rings is 1. The molecule has 35 heavy (non-hydrogen) atoms. The lowest BCUT2D eigenvalue weighted by Gasteiger charge is -2.11. The zero-order valence-corrected chi connectivity index (χ0v) is 20.7. The van der Waals surface area contributed by atoms with Gasteiger partial charge in [0.1, 0.15) is 0 Å². The second-order valence-corrected chi connectivity index (χ2v) is 9.32. The third-order valence-corrected chi connectivity index (χ3v) is 6.43. The Morgan fingerprint density at radius 1 is 1.06 bits per heavy atom. The molecule has 0 aliphatic carbocycles. The number of carboxylic acids is 1. The summed E-state index contributed by atoms with van der Waals surface area (Å²) in [5.74, 6) is -0.784. The van der Waals surface area contributed by atoms with Crippen LogP contribution in [0.3, 0.4) is 0 Å². The average molecular weight is 514 g/mol. The molecule has 3 aromatic rings. The van der Waals surface area contributed by atoms with Crippen molar-refractivity contribution in [3.63, 3.8) is 0 Å². The van der Waals surface area contributed by atoms with Gasteiger partial charge >= 0.3 is 5.97 Å². The van der Waals surface area contributed by atoms with Crippen LogP contribution < -0.4 is 20.1 Å². The molecule has 182 valence electrons. The third kappa shape index (κ3) is 7.33. The molecule has 0 saturated carbocycles. The van der Waals surface area contributed by atoms with E-state index in [0.717, 1.165) is 22.6 Å². The van der Waals surface area contributed by atoms with Gasteiger partial charge in [-0.15, -0.1) is 23.1 Å². The smallest absolute Gasteiger partial charge is 0.328 e. The molecular weight excluding hydrogens is 490 g/mol. The van der Waals surface area contributed by atoms with Crippen LogP contribution in [-0.2, 0) is 14.4 Å². The highest BCUT2D eigenvalue weighted by Gasteiger charge is 2.17. The van der Waals surface area contributed by atoms with Crippen LogP contribution in [0.1, 0.15) is 6.92 Å². The molecule has 0 bridgehead atoms. The number of carboxylic acid groups (broad SMARTS) is 1. The fraction of sp³-hybridized carbons (Fsp3) is 0.167. The number of rotatable bonds is 10. The summed E-state index contributed by atoms with van der Waals surface area (Å²) in [7, 11) is 3.13. The predicted octanol–water partition coefficient (Wildman–Crippen LogP) is 4.53. The Labute approximate surface area is 210 Å². The normalized spacial score (nSPS) is 11.6. The Morgan fingerprint density at radius 3 is 2.54 bits per heavy atom. The number of aromatic nitrogens is 1. The number of aliphatic carboxylic acids is 1. The van der Waals surface area contributed by atoms with Crippen molar-refractivity contribution in [2.75, 3.05) is 24.9 Å². The summed E-state index contributed by atoms with van der Waals surface area (Å²) < 4.78 is 10.6. The van der Waals surface area contributed by atoms with E-state index in [2.05, 4.69) is 15.6 Å². The number of thioether (sulfide) groups is 1. The van der Waals surface area contributed by atoms with E-state index in [9.17, 15) is 14.4 Å². The summed E-state index contributed by atoms with van der Waals surface area (Å²) in [6, 6.07) is 12.4. The van der Waals surface area contributed by atoms with Crippen LogP contribution >= 0.6 is 23.1 Å². The van der Waals surface area contributed by atoms with Crippen LogP contribution in [0.2, 0.25) is 0 Å². The first-order valence-corrected chi connectivity index (χ1v) is 12.0. The maximum Gasteiger partial charge on any atom is 0.328 e. The van der Waals surface area contributed by atoms with Gasteiger partial charge in [0.05, 0.1) is 25.2 Å². The number of benzene rings is 2. The molecular formula is C24H23N3O6S2. The molecule has 3 rings (SSSR count). The summed E-state index contributed by atoms with van der Waals surface area (Å²) in [5, 5.41) is 15.9. The van der Waals surface area contributed by atoms with Gasteiger partial charge < -0.3 is 25.2 Å².